The summed E-state index contributed by atoms with van der Waals surface area (Å²) >= 11 is 0. The lowest BCUT2D eigenvalue weighted by molar-refractivity contribution is 0.304. The maximum Gasteiger partial charge on any atom is 0.119 e. The van der Waals surface area contributed by atoms with E-state index < -0.39 is 0 Å². The van der Waals surface area contributed by atoms with Crippen LogP contribution in [-0.2, 0) is 6.54 Å². The van der Waals surface area contributed by atoms with Gasteiger partial charge in [-0.25, -0.2) is 0 Å². The first kappa shape index (κ1) is 23.3. The summed E-state index contributed by atoms with van der Waals surface area (Å²) in [6, 6.07) is 18.8. The van der Waals surface area contributed by atoms with Gasteiger partial charge in [0, 0.05) is 12.2 Å². The molecule has 0 spiro atoms. The van der Waals surface area contributed by atoms with Gasteiger partial charge in [-0.2, -0.15) is 0 Å². The van der Waals surface area contributed by atoms with Crippen molar-refractivity contribution in [2.75, 3.05) is 11.9 Å². The maximum absolute atomic E-state index is 5.90. The summed E-state index contributed by atoms with van der Waals surface area (Å²) < 4.78 is 5.90. The van der Waals surface area contributed by atoms with E-state index in [1.807, 2.05) is 6.07 Å². The van der Waals surface area contributed by atoms with Gasteiger partial charge < -0.3 is 10.1 Å². The second-order valence-corrected chi connectivity index (χ2v) is 8.10. The fourth-order valence-corrected chi connectivity index (χ4v) is 3.60. The van der Waals surface area contributed by atoms with E-state index in [2.05, 4.69) is 60.8 Å². The van der Waals surface area contributed by atoms with Gasteiger partial charge >= 0.3 is 0 Å². The van der Waals surface area contributed by atoms with Crippen LogP contribution in [0.2, 0.25) is 0 Å². The van der Waals surface area contributed by atoms with Crippen molar-refractivity contribution in [2.45, 2.75) is 90.5 Å². The molecule has 0 fully saturated rings. The van der Waals surface area contributed by atoms with E-state index in [4.69, 9.17) is 4.74 Å². The summed E-state index contributed by atoms with van der Waals surface area (Å²) in [6.07, 6.45) is 16.5. The van der Waals surface area contributed by atoms with Crippen molar-refractivity contribution in [1.29, 1.82) is 0 Å². The monoisotopic (exact) mass is 395 g/mol. The lowest BCUT2D eigenvalue weighted by Crippen LogP contribution is -2.00. The van der Waals surface area contributed by atoms with Crippen LogP contribution in [-0.4, -0.2) is 6.61 Å². The molecule has 0 saturated carbocycles. The molecule has 0 aliphatic heterocycles. The van der Waals surface area contributed by atoms with Crippen molar-refractivity contribution >= 4 is 5.69 Å². The zero-order chi connectivity index (χ0) is 20.4. The molecule has 2 nitrogen and oxygen atoms in total. The van der Waals surface area contributed by atoms with E-state index in [9.17, 15) is 0 Å². The largest absolute Gasteiger partial charge is 0.494 e. The van der Waals surface area contributed by atoms with Gasteiger partial charge in [0.05, 0.1) is 6.61 Å². The maximum atomic E-state index is 5.90. The molecule has 160 valence electrons. The lowest BCUT2D eigenvalue weighted by Gasteiger charge is -2.09. The smallest absolute Gasteiger partial charge is 0.119 e. The molecule has 2 heteroatoms. The number of para-hydroxylation sites is 1. The Balaban J connectivity index is 1.42. The molecule has 0 heterocycles. The molecule has 1 N–H and O–H groups in total. The molecule has 0 saturated heterocycles. The van der Waals surface area contributed by atoms with Gasteiger partial charge in [0.1, 0.15) is 5.75 Å². The molecule has 0 bridgehead atoms. The van der Waals surface area contributed by atoms with Crippen LogP contribution in [0.3, 0.4) is 0 Å². The Labute approximate surface area is 179 Å². The molecular weight excluding hydrogens is 354 g/mol. The minimum absolute atomic E-state index is 0.832. The van der Waals surface area contributed by atoms with E-state index in [-0.39, 0.29) is 0 Å². The Morgan fingerprint density at radius 2 is 1.17 bits per heavy atom. The van der Waals surface area contributed by atoms with Crippen molar-refractivity contribution in [2.24, 2.45) is 0 Å². The fourth-order valence-electron chi connectivity index (χ4n) is 3.60. The number of benzene rings is 2. The molecule has 2 aromatic carbocycles. The third kappa shape index (κ3) is 11.6. The van der Waals surface area contributed by atoms with Crippen molar-refractivity contribution in [1.82, 2.24) is 0 Å². The van der Waals surface area contributed by atoms with Crippen LogP contribution in [0.15, 0.2) is 54.6 Å². The van der Waals surface area contributed by atoms with E-state index in [1.54, 1.807) is 0 Å². The quantitative estimate of drug-likeness (QED) is 0.272. The van der Waals surface area contributed by atoms with Crippen molar-refractivity contribution in [3.05, 3.63) is 60.2 Å². The summed E-state index contributed by atoms with van der Waals surface area (Å²) in [6.45, 7) is 3.95. The summed E-state index contributed by atoms with van der Waals surface area (Å²) in [7, 11) is 0. The van der Waals surface area contributed by atoms with Crippen LogP contribution in [0.4, 0.5) is 5.69 Å². The lowest BCUT2D eigenvalue weighted by atomic mass is 10.1. The molecule has 0 aliphatic rings. The molecular formula is C27H41NO. The Hall–Kier alpha value is -1.96. The summed E-state index contributed by atoms with van der Waals surface area (Å²) in [5.41, 5.74) is 2.42. The van der Waals surface area contributed by atoms with Crippen LogP contribution < -0.4 is 10.1 Å². The van der Waals surface area contributed by atoms with Gasteiger partial charge in [-0.15, -0.1) is 0 Å². The average Bonchev–Trinajstić information content (AvgIpc) is 2.77. The number of anilines is 1. The first-order valence-electron chi connectivity index (χ1n) is 11.9. The Morgan fingerprint density at radius 1 is 0.621 bits per heavy atom. The van der Waals surface area contributed by atoms with Gasteiger partial charge in [-0.3, -0.25) is 0 Å². The molecule has 0 radical (unpaired) electrons. The number of rotatable bonds is 17. The van der Waals surface area contributed by atoms with Crippen molar-refractivity contribution in [3.63, 3.8) is 0 Å². The first-order valence-corrected chi connectivity index (χ1v) is 11.9. The number of hydrogen-bond acceptors (Lipinski definition) is 2. The van der Waals surface area contributed by atoms with Crippen LogP contribution >= 0.6 is 0 Å². The van der Waals surface area contributed by atoms with Crippen molar-refractivity contribution < 1.29 is 4.74 Å². The minimum Gasteiger partial charge on any atom is -0.494 e. The van der Waals surface area contributed by atoms with Crippen LogP contribution in [0.25, 0.3) is 0 Å². The number of hydrogen-bond donors (Lipinski definition) is 1. The highest BCUT2D eigenvalue weighted by atomic mass is 16.5. The van der Waals surface area contributed by atoms with E-state index >= 15 is 0 Å². The predicted octanol–water partition coefficient (Wildman–Crippen LogP) is 8.38. The van der Waals surface area contributed by atoms with Crippen LogP contribution in [0.5, 0.6) is 5.75 Å². The topological polar surface area (TPSA) is 21.3 Å². The predicted molar refractivity (Wildman–Crippen MR) is 127 cm³/mol. The van der Waals surface area contributed by atoms with Crippen LogP contribution in [0, 0.1) is 0 Å². The standard InChI is InChI=1S/C27H41NO/c1-2-3-4-5-6-7-8-9-10-11-12-16-23-29-27-21-19-25(20-22-27)24-28-26-17-14-13-15-18-26/h13-15,17-22,28H,2-12,16,23-24H2,1H3. The molecule has 0 aliphatic carbocycles. The molecule has 0 unspecified atom stereocenters. The summed E-state index contributed by atoms with van der Waals surface area (Å²) in [5, 5.41) is 3.44. The van der Waals surface area contributed by atoms with Crippen molar-refractivity contribution in [3.8, 4) is 5.75 Å². The van der Waals surface area contributed by atoms with Crippen LogP contribution in [0.1, 0.15) is 89.5 Å². The van der Waals surface area contributed by atoms with Gasteiger partial charge in [-0.05, 0) is 36.2 Å². The first-order chi connectivity index (χ1) is 14.4. The minimum atomic E-state index is 0.832. The van der Waals surface area contributed by atoms with Gasteiger partial charge in [0.2, 0.25) is 0 Å². The summed E-state index contributed by atoms with van der Waals surface area (Å²) in [4.78, 5) is 0. The van der Waals surface area contributed by atoms with Gasteiger partial charge in [-0.1, -0.05) is 108 Å². The number of unbranched alkanes of at least 4 members (excludes halogenated alkanes) is 11. The second kappa shape index (κ2) is 15.9. The Kier molecular flexibility index (Phi) is 12.8. The molecule has 29 heavy (non-hydrogen) atoms. The normalized spacial score (nSPS) is 10.8. The third-order valence-electron chi connectivity index (χ3n) is 5.46. The third-order valence-corrected chi connectivity index (χ3v) is 5.46. The molecule has 0 atom stereocenters. The number of nitrogens with one attached hydrogen (secondary N) is 1. The van der Waals surface area contributed by atoms with E-state index in [0.717, 1.165) is 31.0 Å². The summed E-state index contributed by atoms with van der Waals surface area (Å²) in [5.74, 6) is 0.983. The number of ether oxygens (including phenoxy) is 1. The van der Waals surface area contributed by atoms with Gasteiger partial charge in [0.25, 0.3) is 0 Å². The highest BCUT2D eigenvalue weighted by Gasteiger charge is 1.98. The SMILES string of the molecule is CCCCCCCCCCCCCCOc1ccc(CNc2ccccc2)cc1. The zero-order valence-corrected chi connectivity index (χ0v) is 18.5. The molecule has 0 amide bonds. The van der Waals surface area contributed by atoms with Gasteiger partial charge in [0.15, 0.2) is 0 Å². The molecule has 2 rings (SSSR count). The second-order valence-electron chi connectivity index (χ2n) is 8.10. The zero-order valence-electron chi connectivity index (χ0n) is 18.5. The Bertz CT molecular complexity index is 608. The Morgan fingerprint density at radius 3 is 1.76 bits per heavy atom. The highest BCUT2D eigenvalue weighted by molar-refractivity contribution is 5.43. The highest BCUT2D eigenvalue weighted by Crippen LogP contribution is 2.15. The average molecular weight is 396 g/mol. The van der Waals surface area contributed by atoms with E-state index in [1.165, 1.54) is 76.2 Å². The molecule has 2 aromatic rings. The fraction of sp³-hybridized carbons (Fsp3) is 0.556. The van der Waals surface area contributed by atoms with E-state index in [0.29, 0.717) is 0 Å². The molecule has 0 aromatic heterocycles.